The smallest absolute Gasteiger partial charge is 0.273 e. The molecule has 114 valence electrons. The normalized spacial score (nSPS) is 14.8. The van der Waals surface area contributed by atoms with E-state index in [-0.39, 0.29) is 28.1 Å². The average molecular weight is 342 g/mol. The molecule has 0 saturated carbocycles. The number of amides is 1. The molecule has 0 saturated heterocycles. The van der Waals surface area contributed by atoms with Gasteiger partial charge in [0.2, 0.25) is 0 Å². The van der Waals surface area contributed by atoms with Crippen LogP contribution in [0.2, 0.25) is 0 Å². The van der Waals surface area contributed by atoms with Gasteiger partial charge in [-0.1, -0.05) is 6.92 Å². The monoisotopic (exact) mass is 341 g/mol. The van der Waals surface area contributed by atoms with Crippen molar-refractivity contribution in [3.8, 4) is 0 Å². The molecule has 0 aliphatic rings. The molecular weight excluding hydrogens is 326 g/mol. The zero-order valence-corrected chi connectivity index (χ0v) is 13.7. The Hall–Kier alpha value is -0.930. The SMILES string of the molecule is CCc1[nH]nc(C(=O)NCC(C)S(C)=O)c1S(=O)(=O)Cl. The van der Waals surface area contributed by atoms with Gasteiger partial charge < -0.3 is 5.32 Å². The molecule has 2 N–H and O–H groups in total. The highest BCUT2D eigenvalue weighted by Gasteiger charge is 2.27. The van der Waals surface area contributed by atoms with E-state index in [0.717, 1.165) is 0 Å². The van der Waals surface area contributed by atoms with Gasteiger partial charge in [-0.05, 0) is 13.3 Å². The Kier molecular flexibility index (Phi) is 5.72. The minimum absolute atomic E-state index is 0.151. The Morgan fingerprint density at radius 3 is 2.60 bits per heavy atom. The van der Waals surface area contributed by atoms with Crippen molar-refractivity contribution in [2.75, 3.05) is 12.8 Å². The fourth-order valence-electron chi connectivity index (χ4n) is 1.46. The third-order valence-electron chi connectivity index (χ3n) is 2.72. The molecule has 0 aliphatic heterocycles. The summed E-state index contributed by atoms with van der Waals surface area (Å²) < 4.78 is 34.2. The lowest BCUT2D eigenvalue weighted by atomic mass is 10.3. The van der Waals surface area contributed by atoms with Gasteiger partial charge in [-0.3, -0.25) is 14.1 Å². The molecule has 1 amide bonds. The molecule has 10 heteroatoms. The van der Waals surface area contributed by atoms with Crippen molar-refractivity contribution >= 4 is 36.4 Å². The van der Waals surface area contributed by atoms with E-state index in [1.54, 1.807) is 13.8 Å². The highest BCUT2D eigenvalue weighted by atomic mass is 35.7. The van der Waals surface area contributed by atoms with Crippen molar-refractivity contribution in [3.63, 3.8) is 0 Å². The first-order valence-corrected chi connectivity index (χ1v) is 9.73. The summed E-state index contributed by atoms with van der Waals surface area (Å²) in [4.78, 5) is 11.7. The summed E-state index contributed by atoms with van der Waals surface area (Å²) in [5.74, 6) is -0.669. The fraction of sp³-hybridized carbons (Fsp3) is 0.600. The summed E-state index contributed by atoms with van der Waals surface area (Å²) in [6, 6.07) is 0. The van der Waals surface area contributed by atoms with Crippen molar-refractivity contribution in [1.29, 1.82) is 0 Å². The van der Waals surface area contributed by atoms with Gasteiger partial charge in [-0.25, -0.2) is 8.42 Å². The fourth-order valence-corrected chi connectivity index (χ4v) is 3.13. The number of hydrogen-bond donors (Lipinski definition) is 2. The Morgan fingerprint density at radius 2 is 2.15 bits per heavy atom. The summed E-state index contributed by atoms with van der Waals surface area (Å²) in [6.45, 7) is 3.57. The van der Waals surface area contributed by atoms with Crippen LogP contribution in [0.3, 0.4) is 0 Å². The molecule has 1 aromatic heterocycles. The largest absolute Gasteiger partial charge is 0.349 e. The van der Waals surface area contributed by atoms with E-state index in [2.05, 4.69) is 15.5 Å². The predicted octanol–water partition coefficient (Wildman–Crippen LogP) is 0.396. The van der Waals surface area contributed by atoms with Gasteiger partial charge in [0.1, 0.15) is 4.90 Å². The summed E-state index contributed by atoms with van der Waals surface area (Å²) in [6.07, 6.45) is 1.87. The second-order valence-corrected chi connectivity index (χ2v) is 8.50. The Morgan fingerprint density at radius 1 is 1.55 bits per heavy atom. The zero-order chi connectivity index (χ0) is 15.5. The third kappa shape index (κ3) is 4.03. The van der Waals surface area contributed by atoms with Crippen LogP contribution in [0.1, 0.15) is 30.0 Å². The summed E-state index contributed by atoms with van der Waals surface area (Å²) >= 11 is 0. The van der Waals surface area contributed by atoms with Gasteiger partial charge in [0, 0.05) is 39.5 Å². The minimum Gasteiger partial charge on any atom is -0.349 e. The van der Waals surface area contributed by atoms with Crippen LogP contribution in [0.4, 0.5) is 0 Å². The minimum atomic E-state index is -4.08. The molecule has 0 bridgehead atoms. The van der Waals surface area contributed by atoms with Crippen LogP contribution >= 0.6 is 10.7 Å². The quantitative estimate of drug-likeness (QED) is 0.728. The van der Waals surface area contributed by atoms with Crippen molar-refractivity contribution in [2.24, 2.45) is 0 Å². The molecule has 0 aromatic carbocycles. The number of hydrogen-bond acceptors (Lipinski definition) is 5. The maximum atomic E-state index is 12.0. The van der Waals surface area contributed by atoms with E-state index >= 15 is 0 Å². The van der Waals surface area contributed by atoms with Gasteiger partial charge in [0.15, 0.2) is 5.69 Å². The van der Waals surface area contributed by atoms with E-state index < -0.39 is 25.8 Å². The number of aromatic nitrogens is 2. The van der Waals surface area contributed by atoms with E-state index in [0.29, 0.717) is 6.42 Å². The number of aryl methyl sites for hydroxylation is 1. The van der Waals surface area contributed by atoms with Crippen molar-refractivity contribution in [2.45, 2.75) is 30.4 Å². The van der Waals surface area contributed by atoms with Crippen molar-refractivity contribution in [1.82, 2.24) is 15.5 Å². The molecule has 2 unspecified atom stereocenters. The molecule has 0 aliphatic carbocycles. The molecule has 7 nitrogen and oxygen atoms in total. The number of nitrogens with one attached hydrogen (secondary N) is 2. The van der Waals surface area contributed by atoms with E-state index in [1.807, 2.05) is 0 Å². The van der Waals surface area contributed by atoms with Crippen LogP contribution in [-0.2, 0) is 26.3 Å². The number of rotatable bonds is 6. The molecule has 1 aromatic rings. The summed E-state index contributed by atoms with van der Waals surface area (Å²) in [7, 11) is 0.165. The lowest BCUT2D eigenvalue weighted by molar-refractivity contribution is 0.0946. The van der Waals surface area contributed by atoms with Gasteiger partial charge >= 0.3 is 0 Å². The van der Waals surface area contributed by atoms with E-state index in [1.165, 1.54) is 6.26 Å². The zero-order valence-electron chi connectivity index (χ0n) is 11.3. The van der Waals surface area contributed by atoms with Crippen molar-refractivity contribution < 1.29 is 17.4 Å². The number of nitrogens with zero attached hydrogens (tertiary/aromatic N) is 1. The molecule has 0 fully saturated rings. The van der Waals surface area contributed by atoms with Crippen molar-refractivity contribution in [3.05, 3.63) is 11.4 Å². The molecule has 2 atom stereocenters. The highest BCUT2D eigenvalue weighted by Crippen LogP contribution is 2.22. The van der Waals surface area contributed by atoms with Crippen LogP contribution in [0, 0.1) is 0 Å². The Bertz CT molecular complexity index is 626. The number of halogens is 1. The number of carbonyl (C=O) groups is 1. The lowest BCUT2D eigenvalue weighted by Gasteiger charge is -2.09. The first kappa shape index (κ1) is 17.1. The number of aromatic amines is 1. The number of H-pyrrole nitrogens is 1. The molecule has 0 spiro atoms. The predicted molar refractivity (Wildman–Crippen MR) is 76.9 cm³/mol. The van der Waals surface area contributed by atoms with Gasteiger partial charge in [-0.15, -0.1) is 0 Å². The van der Waals surface area contributed by atoms with Crippen LogP contribution in [0.15, 0.2) is 4.90 Å². The highest BCUT2D eigenvalue weighted by molar-refractivity contribution is 8.13. The number of carbonyl (C=O) groups excluding carboxylic acids is 1. The standard InChI is InChI=1S/C10H16ClN3O4S2/c1-4-7-9(20(11,17)18)8(14-13-7)10(15)12-5-6(2)19(3)16/h6H,4-5H2,1-3H3,(H,12,15)(H,13,14). The summed E-state index contributed by atoms with van der Waals surface area (Å²) in [5, 5.41) is 8.43. The van der Waals surface area contributed by atoms with E-state index in [4.69, 9.17) is 10.7 Å². The maximum Gasteiger partial charge on any atom is 0.273 e. The Labute approximate surface area is 124 Å². The van der Waals surface area contributed by atoms with Gasteiger partial charge in [0.05, 0.1) is 5.69 Å². The topological polar surface area (TPSA) is 109 Å². The lowest BCUT2D eigenvalue weighted by Crippen LogP contribution is -2.33. The molecule has 1 heterocycles. The van der Waals surface area contributed by atoms with E-state index in [9.17, 15) is 17.4 Å². The molecular formula is C10H16ClN3O4S2. The molecule has 1 rings (SSSR count). The molecule has 0 radical (unpaired) electrons. The molecule has 20 heavy (non-hydrogen) atoms. The first-order chi connectivity index (χ1) is 9.18. The third-order valence-corrected chi connectivity index (χ3v) is 5.41. The van der Waals surface area contributed by atoms with Crippen LogP contribution in [0.5, 0.6) is 0 Å². The average Bonchev–Trinajstić information content (AvgIpc) is 2.78. The van der Waals surface area contributed by atoms with Crippen LogP contribution in [0.25, 0.3) is 0 Å². The maximum absolute atomic E-state index is 12.0. The van der Waals surface area contributed by atoms with Gasteiger partial charge in [0.25, 0.3) is 15.0 Å². The second-order valence-electron chi connectivity index (χ2n) is 4.19. The second kappa shape index (κ2) is 6.68. The summed E-state index contributed by atoms with van der Waals surface area (Å²) in [5.41, 5.74) is 0.00296. The Balaban J connectivity index is 3.00. The first-order valence-electron chi connectivity index (χ1n) is 5.80. The van der Waals surface area contributed by atoms with Gasteiger partial charge in [-0.2, -0.15) is 5.10 Å². The van der Waals surface area contributed by atoms with Crippen LogP contribution in [-0.4, -0.2) is 46.8 Å². The van der Waals surface area contributed by atoms with Crippen LogP contribution < -0.4 is 5.32 Å².